The van der Waals surface area contributed by atoms with E-state index >= 15 is 0 Å². The van der Waals surface area contributed by atoms with Crippen molar-refractivity contribution in [3.05, 3.63) is 52.0 Å². The van der Waals surface area contributed by atoms with Gasteiger partial charge in [0.25, 0.3) is 0 Å². The Balaban J connectivity index is 1.95. The van der Waals surface area contributed by atoms with Crippen molar-refractivity contribution >= 4 is 11.3 Å². The summed E-state index contributed by atoms with van der Waals surface area (Å²) in [6.07, 6.45) is 5.75. The van der Waals surface area contributed by atoms with Gasteiger partial charge in [0.05, 0.1) is 0 Å². The van der Waals surface area contributed by atoms with E-state index in [2.05, 4.69) is 28.6 Å². The maximum atomic E-state index is 6.15. The van der Waals surface area contributed by atoms with Gasteiger partial charge in [0.15, 0.2) is 0 Å². The minimum atomic E-state index is 0.0921. The lowest BCUT2D eigenvalue weighted by Crippen LogP contribution is -2.11. The van der Waals surface area contributed by atoms with Crippen LogP contribution in [0.4, 0.5) is 0 Å². The van der Waals surface area contributed by atoms with Crippen LogP contribution in [0.5, 0.6) is 0 Å². The smallest absolute Gasteiger partial charge is 0.0315 e. The summed E-state index contributed by atoms with van der Waals surface area (Å²) in [5, 5.41) is 2.11. The van der Waals surface area contributed by atoms with Crippen LogP contribution in [-0.2, 0) is 6.42 Å². The lowest BCUT2D eigenvalue weighted by Gasteiger charge is -2.11. The largest absolute Gasteiger partial charge is 0.324 e. The zero-order valence-electron chi connectivity index (χ0n) is 9.39. The van der Waals surface area contributed by atoms with E-state index in [0.717, 1.165) is 18.4 Å². The zero-order valence-corrected chi connectivity index (χ0v) is 10.2. The molecule has 84 valence electrons. The van der Waals surface area contributed by atoms with E-state index in [1.165, 1.54) is 10.4 Å². The van der Waals surface area contributed by atoms with Crippen LogP contribution in [0.3, 0.4) is 0 Å². The fraction of sp³-hybridized carbons (Fsp3) is 0.308. The number of hydrogen-bond donors (Lipinski definition) is 1. The average molecular weight is 232 g/mol. The van der Waals surface area contributed by atoms with Crippen LogP contribution in [0.15, 0.2) is 36.0 Å². The highest BCUT2D eigenvalue weighted by Gasteiger charge is 2.07. The highest BCUT2D eigenvalue weighted by Crippen LogP contribution is 2.19. The number of pyridine rings is 1. The molecule has 0 bridgehead atoms. The SMILES string of the molecule is Cc1cncc(C(N)CCc2cccs2)c1. The third-order valence-corrected chi connectivity index (χ3v) is 3.54. The van der Waals surface area contributed by atoms with E-state index in [-0.39, 0.29) is 6.04 Å². The molecule has 2 heterocycles. The Morgan fingerprint density at radius 2 is 2.31 bits per heavy atom. The standard InChI is InChI=1S/C13H16N2S/c1-10-7-11(9-15-8-10)13(14)5-4-12-3-2-6-16-12/h2-3,6-9,13H,4-5,14H2,1H3. The molecule has 2 aromatic heterocycles. The molecule has 0 fully saturated rings. The molecule has 0 aliphatic heterocycles. The molecule has 1 unspecified atom stereocenters. The molecule has 0 aromatic carbocycles. The molecule has 2 aromatic rings. The molecule has 1 atom stereocenters. The van der Waals surface area contributed by atoms with Crippen LogP contribution in [0.2, 0.25) is 0 Å². The first-order valence-corrected chi connectivity index (χ1v) is 6.33. The van der Waals surface area contributed by atoms with Crippen LogP contribution < -0.4 is 5.73 Å². The molecule has 0 radical (unpaired) electrons. The highest BCUT2D eigenvalue weighted by atomic mass is 32.1. The molecule has 0 saturated heterocycles. The van der Waals surface area contributed by atoms with E-state index in [0.29, 0.717) is 0 Å². The first-order valence-electron chi connectivity index (χ1n) is 5.45. The van der Waals surface area contributed by atoms with E-state index in [1.54, 1.807) is 11.3 Å². The number of rotatable bonds is 4. The summed E-state index contributed by atoms with van der Waals surface area (Å²) in [5.41, 5.74) is 8.45. The molecule has 16 heavy (non-hydrogen) atoms. The Labute approximate surface area is 100 Å². The Bertz CT molecular complexity index is 437. The fourth-order valence-corrected chi connectivity index (χ4v) is 2.43. The number of thiophene rings is 1. The molecule has 0 aliphatic rings. The molecule has 2 rings (SSSR count). The maximum Gasteiger partial charge on any atom is 0.0315 e. The molecular formula is C13H16N2S. The van der Waals surface area contributed by atoms with Gasteiger partial charge in [-0.25, -0.2) is 0 Å². The number of hydrogen-bond acceptors (Lipinski definition) is 3. The van der Waals surface area contributed by atoms with Crippen molar-refractivity contribution in [2.24, 2.45) is 5.73 Å². The lowest BCUT2D eigenvalue weighted by atomic mass is 10.0. The van der Waals surface area contributed by atoms with E-state index in [4.69, 9.17) is 5.73 Å². The van der Waals surface area contributed by atoms with Crippen molar-refractivity contribution < 1.29 is 0 Å². The van der Waals surface area contributed by atoms with Crippen LogP contribution in [-0.4, -0.2) is 4.98 Å². The first kappa shape index (κ1) is 11.3. The quantitative estimate of drug-likeness (QED) is 0.879. The van der Waals surface area contributed by atoms with Crippen molar-refractivity contribution in [3.63, 3.8) is 0 Å². The molecular weight excluding hydrogens is 216 g/mol. The third-order valence-electron chi connectivity index (χ3n) is 2.61. The van der Waals surface area contributed by atoms with Crippen LogP contribution >= 0.6 is 11.3 Å². The molecule has 0 amide bonds. The topological polar surface area (TPSA) is 38.9 Å². The Morgan fingerprint density at radius 3 is 3.00 bits per heavy atom. The number of nitrogens with zero attached hydrogens (tertiary/aromatic N) is 1. The van der Waals surface area contributed by atoms with Gasteiger partial charge in [-0.3, -0.25) is 4.98 Å². The fourth-order valence-electron chi connectivity index (χ4n) is 1.70. The predicted octanol–water partition coefficient (Wildman–Crippen LogP) is 3.08. The molecule has 2 nitrogen and oxygen atoms in total. The van der Waals surface area contributed by atoms with Crippen molar-refractivity contribution in [3.8, 4) is 0 Å². The summed E-state index contributed by atoms with van der Waals surface area (Å²) in [6.45, 7) is 2.04. The van der Waals surface area contributed by atoms with Crippen LogP contribution in [0, 0.1) is 6.92 Å². The van der Waals surface area contributed by atoms with Crippen molar-refractivity contribution in [1.29, 1.82) is 0 Å². The summed E-state index contributed by atoms with van der Waals surface area (Å²) in [7, 11) is 0. The van der Waals surface area contributed by atoms with Gasteiger partial charge in [0.1, 0.15) is 0 Å². The lowest BCUT2D eigenvalue weighted by molar-refractivity contribution is 0.652. The highest BCUT2D eigenvalue weighted by molar-refractivity contribution is 7.09. The van der Waals surface area contributed by atoms with Gasteiger partial charge in [-0.1, -0.05) is 12.1 Å². The summed E-state index contributed by atoms with van der Waals surface area (Å²) in [5.74, 6) is 0. The van der Waals surface area contributed by atoms with Crippen LogP contribution in [0.1, 0.15) is 28.5 Å². The van der Waals surface area contributed by atoms with Crippen molar-refractivity contribution in [1.82, 2.24) is 4.98 Å². The van der Waals surface area contributed by atoms with Gasteiger partial charge in [0.2, 0.25) is 0 Å². The second kappa shape index (κ2) is 5.23. The van der Waals surface area contributed by atoms with E-state index in [9.17, 15) is 0 Å². The third kappa shape index (κ3) is 2.90. The molecule has 2 N–H and O–H groups in total. The van der Waals surface area contributed by atoms with Crippen molar-refractivity contribution in [2.75, 3.05) is 0 Å². The van der Waals surface area contributed by atoms with Gasteiger partial charge < -0.3 is 5.73 Å². The predicted molar refractivity (Wildman–Crippen MR) is 68.5 cm³/mol. The summed E-state index contributed by atoms with van der Waals surface area (Å²) in [4.78, 5) is 5.57. The van der Waals surface area contributed by atoms with Crippen LogP contribution in [0.25, 0.3) is 0 Å². The Hall–Kier alpha value is -1.19. The Kier molecular flexibility index (Phi) is 3.70. The number of aryl methyl sites for hydroxylation is 2. The molecule has 3 heteroatoms. The van der Waals surface area contributed by atoms with Crippen molar-refractivity contribution in [2.45, 2.75) is 25.8 Å². The minimum Gasteiger partial charge on any atom is -0.324 e. The van der Waals surface area contributed by atoms with Gasteiger partial charge in [-0.05, 0) is 42.3 Å². The molecule has 0 aliphatic carbocycles. The van der Waals surface area contributed by atoms with Gasteiger partial charge in [-0.2, -0.15) is 0 Å². The minimum absolute atomic E-state index is 0.0921. The summed E-state index contributed by atoms with van der Waals surface area (Å²) < 4.78 is 0. The second-order valence-corrected chi connectivity index (χ2v) is 5.05. The number of nitrogens with two attached hydrogens (primary N) is 1. The number of aromatic nitrogens is 1. The zero-order chi connectivity index (χ0) is 11.4. The molecule has 0 saturated carbocycles. The maximum absolute atomic E-state index is 6.15. The van der Waals surface area contributed by atoms with Gasteiger partial charge in [-0.15, -0.1) is 11.3 Å². The van der Waals surface area contributed by atoms with E-state index in [1.807, 2.05) is 19.3 Å². The first-order chi connectivity index (χ1) is 7.75. The normalized spacial score (nSPS) is 12.6. The van der Waals surface area contributed by atoms with Gasteiger partial charge >= 0.3 is 0 Å². The van der Waals surface area contributed by atoms with Gasteiger partial charge in [0, 0.05) is 23.3 Å². The second-order valence-electron chi connectivity index (χ2n) is 4.02. The molecule has 0 spiro atoms. The van der Waals surface area contributed by atoms with E-state index < -0.39 is 0 Å². The monoisotopic (exact) mass is 232 g/mol. The Morgan fingerprint density at radius 1 is 1.44 bits per heavy atom. The summed E-state index contributed by atoms with van der Waals surface area (Å²) >= 11 is 1.79. The summed E-state index contributed by atoms with van der Waals surface area (Å²) in [6, 6.07) is 6.45. The average Bonchev–Trinajstić information content (AvgIpc) is 2.78.